The van der Waals surface area contributed by atoms with Gasteiger partial charge in [0.2, 0.25) is 5.91 Å². The Bertz CT molecular complexity index is 886. The van der Waals surface area contributed by atoms with Crippen molar-refractivity contribution >= 4 is 29.6 Å². The van der Waals surface area contributed by atoms with Crippen molar-refractivity contribution in [3.63, 3.8) is 0 Å². The van der Waals surface area contributed by atoms with Crippen LogP contribution in [0.15, 0.2) is 59.5 Å². The van der Waals surface area contributed by atoms with Crippen molar-refractivity contribution in [3.8, 4) is 0 Å². The summed E-state index contributed by atoms with van der Waals surface area (Å²) in [5, 5.41) is 2.72. The van der Waals surface area contributed by atoms with E-state index in [1.165, 1.54) is 4.90 Å². The number of hydrogen-bond donors (Lipinski definition) is 1. The maximum Gasteiger partial charge on any atom is 0.325 e. The van der Waals surface area contributed by atoms with Crippen LogP contribution in [0.4, 0.5) is 4.79 Å². The molecule has 0 spiro atoms. The molecule has 0 bridgehead atoms. The third kappa shape index (κ3) is 3.89. The summed E-state index contributed by atoms with van der Waals surface area (Å²) >= 11 is 1.65. The van der Waals surface area contributed by atoms with Crippen LogP contribution in [0.25, 0.3) is 0 Å². The molecule has 1 heterocycles. The van der Waals surface area contributed by atoms with Gasteiger partial charge in [0.1, 0.15) is 12.1 Å². The molecule has 1 N–H and O–H groups in total. The molecule has 6 nitrogen and oxygen atoms in total. The molecule has 1 saturated heterocycles. The van der Waals surface area contributed by atoms with Gasteiger partial charge in [-0.2, -0.15) is 0 Å². The lowest BCUT2D eigenvalue weighted by atomic mass is 9.92. The first-order chi connectivity index (χ1) is 13.3. The molecule has 7 heteroatoms. The van der Waals surface area contributed by atoms with Gasteiger partial charge in [-0.1, -0.05) is 42.5 Å². The number of hydrogen-bond acceptors (Lipinski definition) is 4. The smallest absolute Gasteiger partial charge is 0.325 e. The molecule has 146 valence electrons. The lowest BCUT2D eigenvalue weighted by Crippen LogP contribution is -2.43. The first kappa shape index (κ1) is 19.9. The van der Waals surface area contributed by atoms with Gasteiger partial charge in [0.05, 0.1) is 0 Å². The number of urea groups is 1. The van der Waals surface area contributed by atoms with E-state index in [4.69, 9.17) is 0 Å². The molecule has 2 aromatic carbocycles. The first-order valence-electron chi connectivity index (χ1n) is 8.91. The fourth-order valence-corrected chi connectivity index (χ4v) is 3.56. The summed E-state index contributed by atoms with van der Waals surface area (Å²) in [5.41, 5.74) is 0.510. The van der Waals surface area contributed by atoms with Crippen LogP contribution >= 0.6 is 11.8 Å². The fourth-order valence-electron chi connectivity index (χ4n) is 3.16. The van der Waals surface area contributed by atoms with Crippen molar-refractivity contribution < 1.29 is 14.4 Å². The van der Waals surface area contributed by atoms with Gasteiger partial charge in [0, 0.05) is 18.5 Å². The van der Waals surface area contributed by atoms with Crippen LogP contribution in [0, 0.1) is 0 Å². The van der Waals surface area contributed by atoms with Crippen molar-refractivity contribution in [2.24, 2.45) is 0 Å². The monoisotopic (exact) mass is 397 g/mol. The SMILES string of the molecule is CSc1ccc(CN(C)C(=O)CN2C(=O)N[C@@](C)(c3ccccc3)C2=O)cc1. The van der Waals surface area contributed by atoms with Crippen molar-refractivity contribution in [1.82, 2.24) is 15.1 Å². The summed E-state index contributed by atoms with van der Waals surface area (Å²) in [5.74, 6) is -0.718. The Balaban J connectivity index is 1.67. The number of imide groups is 1. The summed E-state index contributed by atoms with van der Waals surface area (Å²) in [4.78, 5) is 41.5. The number of amides is 4. The molecule has 1 fully saturated rings. The van der Waals surface area contributed by atoms with Gasteiger partial charge in [-0.25, -0.2) is 4.79 Å². The van der Waals surface area contributed by atoms with Crippen molar-refractivity contribution in [1.29, 1.82) is 0 Å². The van der Waals surface area contributed by atoms with Gasteiger partial charge in [-0.3, -0.25) is 14.5 Å². The van der Waals surface area contributed by atoms with Crippen LogP contribution < -0.4 is 5.32 Å². The van der Waals surface area contributed by atoms with E-state index < -0.39 is 17.5 Å². The quantitative estimate of drug-likeness (QED) is 0.601. The van der Waals surface area contributed by atoms with Crippen molar-refractivity contribution in [2.45, 2.75) is 23.9 Å². The maximum atomic E-state index is 12.9. The zero-order valence-corrected chi connectivity index (χ0v) is 17.0. The van der Waals surface area contributed by atoms with Crippen LogP contribution in [0.3, 0.4) is 0 Å². The third-order valence-corrected chi connectivity index (χ3v) is 5.67. The average molecular weight is 398 g/mol. The number of carbonyl (C=O) groups excluding carboxylic acids is 3. The Morgan fingerprint density at radius 2 is 1.75 bits per heavy atom. The van der Waals surface area contributed by atoms with E-state index in [0.717, 1.165) is 15.4 Å². The molecule has 1 aliphatic rings. The van der Waals surface area contributed by atoms with Crippen molar-refractivity contribution in [2.75, 3.05) is 19.8 Å². The Morgan fingerprint density at radius 3 is 2.36 bits per heavy atom. The third-order valence-electron chi connectivity index (χ3n) is 4.92. The Hall–Kier alpha value is -2.80. The van der Waals surface area contributed by atoms with Gasteiger partial charge in [0.15, 0.2) is 0 Å². The summed E-state index contributed by atoms with van der Waals surface area (Å²) in [6, 6.07) is 16.4. The van der Waals surface area contributed by atoms with Crippen molar-refractivity contribution in [3.05, 3.63) is 65.7 Å². The Labute approximate surface area is 168 Å². The molecule has 1 aliphatic heterocycles. The molecule has 3 rings (SSSR count). The topological polar surface area (TPSA) is 69.7 Å². The Morgan fingerprint density at radius 1 is 1.11 bits per heavy atom. The number of nitrogens with one attached hydrogen (secondary N) is 1. The van der Waals surface area contributed by atoms with Gasteiger partial charge >= 0.3 is 6.03 Å². The molecule has 0 saturated carbocycles. The molecular weight excluding hydrogens is 374 g/mol. The lowest BCUT2D eigenvalue weighted by molar-refractivity contribution is -0.138. The van der Waals surface area contributed by atoms with E-state index >= 15 is 0 Å². The van der Waals surface area contributed by atoms with Gasteiger partial charge < -0.3 is 10.2 Å². The highest BCUT2D eigenvalue weighted by atomic mass is 32.2. The number of nitrogens with zero attached hydrogens (tertiary/aromatic N) is 2. The molecule has 0 aliphatic carbocycles. The second kappa shape index (κ2) is 8.06. The normalized spacial score (nSPS) is 18.9. The lowest BCUT2D eigenvalue weighted by Gasteiger charge is -2.23. The van der Waals surface area contributed by atoms with Crippen LogP contribution in [-0.2, 0) is 21.7 Å². The predicted molar refractivity (Wildman–Crippen MR) is 109 cm³/mol. The van der Waals surface area contributed by atoms with Crippen LogP contribution in [0.1, 0.15) is 18.1 Å². The van der Waals surface area contributed by atoms with E-state index in [2.05, 4.69) is 5.32 Å². The van der Waals surface area contributed by atoms with Crippen LogP contribution in [-0.4, -0.2) is 47.5 Å². The second-order valence-electron chi connectivity index (χ2n) is 6.91. The molecular formula is C21H23N3O3S. The van der Waals surface area contributed by atoms with Gasteiger partial charge in [-0.15, -0.1) is 11.8 Å². The van der Waals surface area contributed by atoms with Crippen LogP contribution in [0.2, 0.25) is 0 Å². The summed E-state index contributed by atoms with van der Waals surface area (Å²) < 4.78 is 0. The van der Waals surface area contributed by atoms with E-state index in [-0.39, 0.29) is 12.5 Å². The zero-order chi connectivity index (χ0) is 20.3. The number of benzene rings is 2. The minimum absolute atomic E-state index is 0.285. The molecule has 0 aromatic heterocycles. The minimum atomic E-state index is -1.16. The number of likely N-dealkylation sites (N-methyl/N-ethyl adjacent to an activating group) is 1. The molecule has 2 aromatic rings. The highest BCUT2D eigenvalue weighted by molar-refractivity contribution is 7.98. The Kier molecular flexibility index (Phi) is 5.74. The second-order valence-corrected chi connectivity index (χ2v) is 7.79. The predicted octanol–water partition coefficient (Wildman–Crippen LogP) is 2.83. The highest BCUT2D eigenvalue weighted by Gasteiger charge is 2.49. The van der Waals surface area contributed by atoms with E-state index in [0.29, 0.717) is 12.1 Å². The molecule has 1 atom stereocenters. The number of carbonyl (C=O) groups is 3. The molecule has 4 amide bonds. The standard InChI is InChI=1S/C21H23N3O3S/c1-21(16-7-5-4-6-8-16)19(26)24(20(27)22-21)14-18(25)23(2)13-15-9-11-17(28-3)12-10-15/h4-12H,13-14H2,1-3H3,(H,22,27)/t21-/m0/s1. The van der Waals surface area contributed by atoms with E-state index in [1.54, 1.807) is 37.9 Å². The van der Waals surface area contributed by atoms with E-state index in [9.17, 15) is 14.4 Å². The van der Waals surface area contributed by atoms with Gasteiger partial charge in [-0.05, 0) is 36.4 Å². The summed E-state index contributed by atoms with van der Waals surface area (Å²) in [7, 11) is 1.67. The highest BCUT2D eigenvalue weighted by Crippen LogP contribution is 2.28. The zero-order valence-electron chi connectivity index (χ0n) is 16.1. The van der Waals surface area contributed by atoms with E-state index in [1.807, 2.05) is 48.7 Å². The molecule has 0 radical (unpaired) electrons. The largest absolute Gasteiger partial charge is 0.340 e. The maximum absolute atomic E-state index is 12.9. The number of rotatable bonds is 6. The first-order valence-corrected chi connectivity index (χ1v) is 10.1. The minimum Gasteiger partial charge on any atom is -0.340 e. The van der Waals surface area contributed by atoms with Crippen LogP contribution in [0.5, 0.6) is 0 Å². The fraction of sp³-hybridized carbons (Fsp3) is 0.286. The van der Waals surface area contributed by atoms with Gasteiger partial charge in [0.25, 0.3) is 5.91 Å². The molecule has 28 heavy (non-hydrogen) atoms. The number of thioether (sulfide) groups is 1. The average Bonchev–Trinajstić information content (AvgIpc) is 2.93. The summed E-state index contributed by atoms with van der Waals surface area (Å²) in [6.07, 6.45) is 2.01. The summed E-state index contributed by atoms with van der Waals surface area (Å²) in [6.45, 7) is 1.78. The molecule has 0 unspecified atom stereocenters.